The fraction of sp³-hybridized carbons (Fsp3) is 0.444. The highest BCUT2D eigenvalue weighted by Gasteiger charge is 2.15. The van der Waals surface area contributed by atoms with E-state index in [0.29, 0.717) is 6.54 Å². The Labute approximate surface area is 126 Å². The lowest BCUT2D eigenvalue weighted by atomic mass is 10.0. The molecule has 0 bridgehead atoms. The van der Waals surface area contributed by atoms with Crippen LogP contribution in [0.1, 0.15) is 53.1 Å². The number of Topliss-reactive ketones (excluding diaryl/α,β-unsaturated/α-hetero) is 1. The summed E-state index contributed by atoms with van der Waals surface area (Å²) < 4.78 is 1.87. The Morgan fingerprint density at radius 1 is 1.14 bits per heavy atom. The maximum Gasteiger partial charge on any atom is 0.184 e. The molecule has 3 heteroatoms. The standard InChI is InChI=1S/C18H22N2O/c1-3-16-11-17(4-2)20(19-16)12-18(21)15-9-8-13-6-5-7-14(13)10-15/h8-11H,3-7,12H2,1-2H3. The van der Waals surface area contributed by atoms with E-state index in [0.717, 1.165) is 42.6 Å². The minimum atomic E-state index is 0.158. The zero-order chi connectivity index (χ0) is 14.8. The summed E-state index contributed by atoms with van der Waals surface area (Å²) in [5, 5.41) is 4.53. The molecule has 1 aromatic carbocycles. The third-order valence-corrected chi connectivity index (χ3v) is 4.35. The molecule has 3 nitrogen and oxygen atoms in total. The predicted octanol–water partition coefficient (Wildman–Crippen LogP) is 3.38. The zero-order valence-electron chi connectivity index (χ0n) is 12.9. The Morgan fingerprint density at radius 2 is 1.95 bits per heavy atom. The van der Waals surface area contributed by atoms with Crippen molar-refractivity contribution in [3.63, 3.8) is 0 Å². The molecule has 1 aliphatic carbocycles. The predicted molar refractivity (Wildman–Crippen MR) is 83.8 cm³/mol. The summed E-state index contributed by atoms with van der Waals surface area (Å²) in [5.41, 5.74) is 5.79. The third kappa shape index (κ3) is 2.78. The molecule has 0 N–H and O–H groups in total. The first-order chi connectivity index (χ1) is 10.2. The first kappa shape index (κ1) is 14.1. The molecule has 0 saturated carbocycles. The number of hydrogen-bond acceptors (Lipinski definition) is 2. The van der Waals surface area contributed by atoms with E-state index in [1.54, 1.807) is 0 Å². The average Bonchev–Trinajstić information content (AvgIpc) is 3.12. The van der Waals surface area contributed by atoms with Crippen molar-refractivity contribution in [2.24, 2.45) is 0 Å². The highest BCUT2D eigenvalue weighted by Crippen LogP contribution is 2.23. The van der Waals surface area contributed by atoms with Gasteiger partial charge in [-0.15, -0.1) is 0 Å². The van der Waals surface area contributed by atoms with Crippen molar-refractivity contribution in [1.29, 1.82) is 0 Å². The van der Waals surface area contributed by atoms with Crippen LogP contribution in [0.15, 0.2) is 24.3 Å². The van der Waals surface area contributed by atoms with E-state index in [1.165, 1.54) is 17.5 Å². The smallest absolute Gasteiger partial charge is 0.184 e. The molecule has 0 spiro atoms. The summed E-state index contributed by atoms with van der Waals surface area (Å²) in [5.74, 6) is 0.158. The Hall–Kier alpha value is -1.90. The molecule has 1 aromatic heterocycles. The van der Waals surface area contributed by atoms with Gasteiger partial charge in [-0.2, -0.15) is 5.10 Å². The Bertz CT molecular complexity index is 670. The number of fused-ring (bicyclic) bond motifs is 1. The molecule has 0 atom stereocenters. The van der Waals surface area contributed by atoms with Gasteiger partial charge in [-0.05, 0) is 55.4 Å². The average molecular weight is 282 g/mol. The molecule has 1 heterocycles. The van der Waals surface area contributed by atoms with Crippen molar-refractivity contribution in [2.45, 2.75) is 52.5 Å². The van der Waals surface area contributed by atoms with Gasteiger partial charge in [-0.25, -0.2) is 0 Å². The van der Waals surface area contributed by atoms with Crippen LogP contribution in [0.2, 0.25) is 0 Å². The second-order valence-corrected chi connectivity index (χ2v) is 5.75. The number of aryl methyl sites for hydroxylation is 4. The van der Waals surface area contributed by atoms with Crippen molar-refractivity contribution < 1.29 is 4.79 Å². The van der Waals surface area contributed by atoms with Gasteiger partial charge in [0, 0.05) is 11.3 Å². The van der Waals surface area contributed by atoms with E-state index in [9.17, 15) is 4.79 Å². The number of rotatable bonds is 5. The summed E-state index contributed by atoms with van der Waals surface area (Å²) in [6, 6.07) is 8.29. The largest absolute Gasteiger partial charge is 0.292 e. The van der Waals surface area contributed by atoms with Crippen molar-refractivity contribution in [3.8, 4) is 0 Å². The number of carbonyl (C=O) groups is 1. The molecule has 0 amide bonds. The lowest BCUT2D eigenvalue weighted by Crippen LogP contribution is -2.14. The van der Waals surface area contributed by atoms with Gasteiger partial charge in [-0.3, -0.25) is 9.48 Å². The van der Waals surface area contributed by atoms with Crippen molar-refractivity contribution in [3.05, 3.63) is 52.3 Å². The fourth-order valence-electron chi connectivity index (χ4n) is 3.08. The van der Waals surface area contributed by atoms with Gasteiger partial charge in [0.1, 0.15) is 6.54 Å². The molecule has 2 aromatic rings. The number of ketones is 1. The molecule has 0 aliphatic heterocycles. The Kier molecular flexibility index (Phi) is 3.91. The Balaban J connectivity index is 1.81. The molecular formula is C18H22N2O. The number of carbonyl (C=O) groups excluding carboxylic acids is 1. The summed E-state index contributed by atoms with van der Waals surface area (Å²) in [6.07, 6.45) is 5.30. The van der Waals surface area contributed by atoms with Gasteiger partial charge >= 0.3 is 0 Å². The lowest BCUT2D eigenvalue weighted by molar-refractivity contribution is 0.0966. The van der Waals surface area contributed by atoms with Gasteiger partial charge in [0.2, 0.25) is 0 Å². The molecule has 0 saturated heterocycles. The molecule has 0 radical (unpaired) electrons. The van der Waals surface area contributed by atoms with Crippen LogP contribution in [0.25, 0.3) is 0 Å². The van der Waals surface area contributed by atoms with Gasteiger partial charge in [-0.1, -0.05) is 26.0 Å². The molecule has 0 fully saturated rings. The summed E-state index contributed by atoms with van der Waals surface area (Å²) in [4.78, 5) is 12.5. The lowest BCUT2D eigenvalue weighted by Gasteiger charge is -2.07. The molecule has 3 rings (SSSR count). The minimum absolute atomic E-state index is 0.158. The van der Waals surface area contributed by atoms with Crippen LogP contribution in [-0.4, -0.2) is 15.6 Å². The second kappa shape index (κ2) is 5.84. The van der Waals surface area contributed by atoms with E-state index in [-0.39, 0.29) is 5.78 Å². The highest BCUT2D eigenvalue weighted by atomic mass is 16.1. The molecule has 21 heavy (non-hydrogen) atoms. The van der Waals surface area contributed by atoms with E-state index >= 15 is 0 Å². The highest BCUT2D eigenvalue weighted by molar-refractivity contribution is 5.96. The van der Waals surface area contributed by atoms with Crippen LogP contribution in [-0.2, 0) is 32.2 Å². The van der Waals surface area contributed by atoms with Gasteiger partial charge in [0.25, 0.3) is 0 Å². The molecular weight excluding hydrogens is 260 g/mol. The van der Waals surface area contributed by atoms with E-state index < -0.39 is 0 Å². The third-order valence-electron chi connectivity index (χ3n) is 4.35. The fourth-order valence-corrected chi connectivity index (χ4v) is 3.08. The molecule has 1 aliphatic rings. The van der Waals surface area contributed by atoms with Crippen LogP contribution in [0, 0.1) is 0 Å². The van der Waals surface area contributed by atoms with Gasteiger partial charge < -0.3 is 0 Å². The monoisotopic (exact) mass is 282 g/mol. The number of hydrogen-bond donors (Lipinski definition) is 0. The number of benzene rings is 1. The number of aromatic nitrogens is 2. The number of nitrogens with zero attached hydrogens (tertiary/aromatic N) is 2. The molecule has 0 unspecified atom stereocenters. The van der Waals surface area contributed by atoms with Crippen LogP contribution in [0.3, 0.4) is 0 Å². The normalized spacial score (nSPS) is 13.4. The quantitative estimate of drug-likeness (QED) is 0.788. The van der Waals surface area contributed by atoms with Crippen molar-refractivity contribution in [2.75, 3.05) is 0 Å². The van der Waals surface area contributed by atoms with Gasteiger partial charge in [0.05, 0.1) is 5.69 Å². The minimum Gasteiger partial charge on any atom is -0.292 e. The van der Waals surface area contributed by atoms with E-state index in [1.807, 2.05) is 10.7 Å². The van der Waals surface area contributed by atoms with E-state index in [4.69, 9.17) is 0 Å². The van der Waals surface area contributed by atoms with Crippen LogP contribution in [0.4, 0.5) is 0 Å². The summed E-state index contributed by atoms with van der Waals surface area (Å²) in [6.45, 7) is 4.54. The maximum absolute atomic E-state index is 12.5. The molecule has 110 valence electrons. The Morgan fingerprint density at radius 3 is 2.71 bits per heavy atom. The second-order valence-electron chi connectivity index (χ2n) is 5.75. The summed E-state index contributed by atoms with van der Waals surface area (Å²) >= 11 is 0. The van der Waals surface area contributed by atoms with Crippen LogP contribution >= 0.6 is 0 Å². The maximum atomic E-state index is 12.5. The first-order valence-corrected chi connectivity index (χ1v) is 7.91. The summed E-state index contributed by atoms with van der Waals surface area (Å²) in [7, 11) is 0. The first-order valence-electron chi connectivity index (χ1n) is 7.91. The van der Waals surface area contributed by atoms with Crippen molar-refractivity contribution in [1.82, 2.24) is 9.78 Å². The van der Waals surface area contributed by atoms with Crippen LogP contribution in [0.5, 0.6) is 0 Å². The topological polar surface area (TPSA) is 34.9 Å². The van der Waals surface area contributed by atoms with Crippen LogP contribution < -0.4 is 0 Å². The van der Waals surface area contributed by atoms with Crippen molar-refractivity contribution >= 4 is 5.78 Å². The van der Waals surface area contributed by atoms with E-state index in [2.05, 4.69) is 37.1 Å². The van der Waals surface area contributed by atoms with Gasteiger partial charge in [0.15, 0.2) is 5.78 Å². The zero-order valence-corrected chi connectivity index (χ0v) is 12.9. The SMILES string of the molecule is CCc1cc(CC)n(CC(=O)c2ccc3c(c2)CCC3)n1.